The van der Waals surface area contributed by atoms with E-state index in [4.69, 9.17) is 5.26 Å². The first-order valence-corrected chi connectivity index (χ1v) is 5.42. The summed E-state index contributed by atoms with van der Waals surface area (Å²) in [7, 11) is 0. The third-order valence-electron chi connectivity index (χ3n) is 2.84. The Morgan fingerprint density at radius 3 is 3.00 bits per heavy atom. The number of nitriles is 1. The monoisotopic (exact) mass is 231 g/mol. The molecule has 0 aromatic heterocycles. The molecule has 0 radical (unpaired) electrons. The molecule has 1 fully saturated rings. The number of hydrogen-bond donors (Lipinski definition) is 2. The van der Waals surface area contributed by atoms with Gasteiger partial charge in [-0.1, -0.05) is 12.1 Å². The smallest absolute Gasteiger partial charge is 0.245 e. The second-order valence-corrected chi connectivity index (χ2v) is 3.81. The molecule has 1 atom stereocenters. The average molecular weight is 231 g/mol. The van der Waals surface area contributed by atoms with Crippen molar-refractivity contribution in [2.45, 2.75) is 6.04 Å². The van der Waals surface area contributed by atoms with Gasteiger partial charge in [0.25, 0.3) is 0 Å². The third kappa shape index (κ3) is 2.08. The lowest BCUT2D eigenvalue weighted by Crippen LogP contribution is -2.57. The molecule has 1 heterocycles. The van der Waals surface area contributed by atoms with Crippen molar-refractivity contribution in [2.75, 3.05) is 24.6 Å². The van der Waals surface area contributed by atoms with Gasteiger partial charge in [-0.2, -0.15) is 5.26 Å². The normalized spacial score (nSPS) is 19.6. The summed E-state index contributed by atoms with van der Waals surface area (Å²) < 4.78 is 0. The summed E-state index contributed by atoms with van der Waals surface area (Å²) in [6.45, 7) is 0.857. The van der Waals surface area contributed by atoms with E-state index in [0.29, 0.717) is 24.3 Å². The predicted molar refractivity (Wildman–Crippen MR) is 62.4 cm³/mol. The number of benzene rings is 1. The molecule has 2 N–H and O–H groups in total. The van der Waals surface area contributed by atoms with E-state index in [1.807, 2.05) is 6.07 Å². The highest BCUT2D eigenvalue weighted by Gasteiger charge is 2.30. The number of amides is 1. The third-order valence-corrected chi connectivity index (χ3v) is 2.84. The molecule has 0 spiro atoms. The summed E-state index contributed by atoms with van der Waals surface area (Å²) in [6.07, 6.45) is 0. The standard InChI is InChI=1S/C12H13N3O2/c13-7-9-3-1-2-4-10(9)15-6-5-14-12(17)11(15)8-16/h1-4,11,16H,5-6,8H2,(H,14,17). The van der Waals surface area contributed by atoms with Gasteiger partial charge in [0.05, 0.1) is 17.9 Å². The predicted octanol–water partition coefficient (Wildman–Crippen LogP) is -0.145. The van der Waals surface area contributed by atoms with Gasteiger partial charge in [-0.3, -0.25) is 4.79 Å². The van der Waals surface area contributed by atoms with E-state index in [1.165, 1.54) is 0 Å². The van der Waals surface area contributed by atoms with Crippen LogP contribution in [-0.4, -0.2) is 36.8 Å². The van der Waals surface area contributed by atoms with E-state index in [9.17, 15) is 9.90 Å². The highest BCUT2D eigenvalue weighted by atomic mass is 16.3. The van der Waals surface area contributed by atoms with E-state index < -0.39 is 6.04 Å². The van der Waals surface area contributed by atoms with Crippen LogP contribution in [0.3, 0.4) is 0 Å². The summed E-state index contributed by atoms with van der Waals surface area (Å²) in [4.78, 5) is 13.4. The molecular weight excluding hydrogens is 218 g/mol. The molecule has 88 valence electrons. The number of nitrogens with zero attached hydrogens (tertiary/aromatic N) is 2. The van der Waals surface area contributed by atoms with Crippen LogP contribution < -0.4 is 10.2 Å². The SMILES string of the molecule is N#Cc1ccccc1N1CCNC(=O)C1CO. The quantitative estimate of drug-likeness (QED) is 0.742. The minimum absolute atomic E-state index is 0.202. The largest absolute Gasteiger partial charge is 0.394 e. The fourth-order valence-electron chi connectivity index (χ4n) is 2.00. The highest BCUT2D eigenvalue weighted by molar-refractivity contribution is 5.87. The molecular formula is C12H13N3O2. The topological polar surface area (TPSA) is 76.4 Å². The van der Waals surface area contributed by atoms with Crippen molar-refractivity contribution in [1.82, 2.24) is 5.32 Å². The van der Waals surface area contributed by atoms with Crippen molar-refractivity contribution in [1.29, 1.82) is 5.26 Å². The Kier molecular flexibility index (Phi) is 3.26. The van der Waals surface area contributed by atoms with Crippen LogP contribution in [-0.2, 0) is 4.79 Å². The maximum atomic E-state index is 11.6. The Bertz CT molecular complexity index is 467. The van der Waals surface area contributed by atoms with E-state index in [1.54, 1.807) is 23.1 Å². The first-order chi connectivity index (χ1) is 8.27. The molecule has 1 aliphatic heterocycles. The maximum Gasteiger partial charge on any atom is 0.245 e. The average Bonchev–Trinajstić information content (AvgIpc) is 2.38. The van der Waals surface area contributed by atoms with Crippen molar-refractivity contribution < 1.29 is 9.90 Å². The molecule has 5 heteroatoms. The van der Waals surface area contributed by atoms with Crippen LogP contribution in [0.15, 0.2) is 24.3 Å². The maximum absolute atomic E-state index is 11.6. The minimum Gasteiger partial charge on any atom is -0.394 e. The number of rotatable bonds is 2. The number of carbonyl (C=O) groups excluding carboxylic acids is 1. The zero-order valence-corrected chi connectivity index (χ0v) is 9.26. The Hall–Kier alpha value is -2.06. The zero-order valence-electron chi connectivity index (χ0n) is 9.26. The second kappa shape index (κ2) is 4.85. The lowest BCUT2D eigenvalue weighted by Gasteiger charge is -2.36. The molecule has 1 aromatic rings. The Balaban J connectivity index is 2.37. The van der Waals surface area contributed by atoms with Crippen LogP contribution in [0.25, 0.3) is 0 Å². The van der Waals surface area contributed by atoms with Gasteiger partial charge in [-0.15, -0.1) is 0 Å². The Morgan fingerprint density at radius 1 is 1.53 bits per heavy atom. The molecule has 0 bridgehead atoms. The Morgan fingerprint density at radius 2 is 2.29 bits per heavy atom. The summed E-state index contributed by atoms with van der Waals surface area (Å²) >= 11 is 0. The molecule has 1 unspecified atom stereocenters. The van der Waals surface area contributed by atoms with Crippen LogP contribution in [0.5, 0.6) is 0 Å². The number of aliphatic hydroxyl groups is 1. The fourth-order valence-corrected chi connectivity index (χ4v) is 2.00. The second-order valence-electron chi connectivity index (χ2n) is 3.81. The lowest BCUT2D eigenvalue weighted by atomic mass is 10.1. The van der Waals surface area contributed by atoms with Gasteiger partial charge in [-0.05, 0) is 12.1 Å². The van der Waals surface area contributed by atoms with Gasteiger partial charge in [0.2, 0.25) is 5.91 Å². The number of aliphatic hydroxyl groups excluding tert-OH is 1. The molecule has 5 nitrogen and oxygen atoms in total. The molecule has 0 saturated carbocycles. The van der Waals surface area contributed by atoms with Gasteiger partial charge in [0.15, 0.2) is 0 Å². The molecule has 1 aromatic carbocycles. The molecule has 1 aliphatic rings. The van der Waals surface area contributed by atoms with Gasteiger partial charge >= 0.3 is 0 Å². The summed E-state index contributed by atoms with van der Waals surface area (Å²) in [5.41, 5.74) is 1.21. The zero-order chi connectivity index (χ0) is 12.3. The number of carbonyl (C=O) groups is 1. The van der Waals surface area contributed by atoms with E-state index in [-0.39, 0.29) is 12.5 Å². The highest BCUT2D eigenvalue weighted by Crippen LogP contribution is 2.22. The summed E-state index contributed by atoms with van der Waals surface area (Å²) in [5.74, 6) is -0.202. The van der Waals surface area contributed by atoms with Crippen molar-refractivity contribution in [3.63, 3.8) is 0 Å². The van der Waals surface area contributed by atoms with Crippen molar-refractivity contribution in [3.05, 3.63) is 29.8 Å². The molecule has 1 amide bonds. The van der Waals surface area contributed by atoms with Gasteiger partial charge in [0, 0.05) is 13.1 Å². The van der Waals surface area contributed by atoms with Crippen molar-refractivity contribution in [3.8, 4) is 6.07 Å². The van der Waals surface area contributed by atoms with Gasteiger partial charge < -0.3 is 15.3 Å². The fraction of sp³-hybridized carbons (Fsp3) is 0.333. The van der Waals surface area contributed by atoms with Crippen LogP contribution >= 0.6 is 0 Å². The number of anilines is 1. The number of nitrogens with one attached hydrogen (secondary N) is 1. The van der Waals surface area contributed by atoms with Crippen molar-refractivity contribution >= 4 is 11.6 Å². The van der Waals surface area contributed by atoms with E-state index in [2.05, 4.69) is 11.4 Å². The van der Waals surface area contributed by atoms with Crippen LogP contribution in [0.1, 0.15) is 5.56 Å². The number of hydrogen-bond acceptors (Lipinski definition) is 4. The van der Waals surface area contributed by atoms with Crippen LogP contribution in [0.4, 0.5) is 5.69 Å². The molecule has 2 rings (SSSR count). The number of piperazine rings is 1. The first kappa shape index (κ1) is 11.4. The summed E-state index contributed by atoms with van der Waals surface area (Å²) in [6, 6.07) is 8.58. The Labute approximate surface area is 99.3 Å². The van der Waals surface area contributed by atoms with Crippen molar-refractivity contribution in [2.24, 2.45) is 0 Å². The van der Waals surface area contributed by atoms with Crippen LogP contribution in [0, 0.1) is 11.3 Å². The lowest BCUT2D eigenvalue weighted by molar-refractivity contribution is -0.124. The van der Waals surface area contributed by atoms with E-state index >= 15 is 0 Å². The van der Waals surface area contributed by atoms with Gasteiger partial charge in [0.1, 0.15) is 12.1 Å². The summed E-state index contributed by atoms with van der Waals surface area (Å²) in [5, 5.41) is 21.0. The molecule has 0 aliphatic carbocycles. The minimum atomic E-state index is -0.613. The van der Waals surface area contributed by atoms with Gasteiger partial charge in [-0.25, -0.2) is 0 Å². The van der Waals surface area contributed by atoms with Crippen LogP contribution in [0.2, 0.25) is 0 Å². The molecule has 1 saturated heterocycles. The molecule has 17 heavy (non-hydrogen) atoms. The number of para-hydroxylation sites is 1. The van der Waals surface area contributed by atoms with E-state index in [0.717, 1.165) is 0 Å². The first-order valence-electron chi connectivity index (χ1n) is 5.42.